The van der Waals surface area contributed by atoms with E-state index in [2.05, 4.69) is 16.5 Å². The number of nitrogens with zero attached hydrogens (tertiary/aromatic N) is 2. The zero-order valence-electron chi connectivity index (χ0n) is 8.32. The summed E-state index contributed by atoms with van der Waals surface area (Å²) in [5.74, 6) is -0.371. The van der Waals surface area contributed by atoms with E-state index < -0.39 is 0 Å². The number of hydrogen-bond acceptors (Lipinski definition) is 2. The predicted octanol–water partition coefficient (Wildman–Crippen LogP) is 3.58. The third kappa shape index (κ3) is 2.09. The molecule has 4 heteroatoms. The molecule has 0 saturated carbocycles. The summed E-state index contributed by atoms with van der Waals surface area (Å²) in [5.41, 5.74) is 1.95. The Kier molecular flexibility index (Phi) is 2.97. The van der Waals surface area contributed by atoms with Crippen molar-refractivity contribution in [3.8, 4) is 11.3 Å². The van der Waals surface area contributed by atoms with E-state index in [-0.39, 0.29) is 5.82 Å². The molecule has 0 aliphatic heterocycles. The van der Waals surface area contributed by atoms with Gasteiger partial charge in [0, 0.05) is 5.56 Å². The van der Waals surface area contributed by atoms with Crippen LogP contribution in [0.2, 0.25) is 5.02 Å². The smallest absolute Gasteiger partial charge is 0.124 e. The Labute approximate surface area is 97.4 Å². The summed E-state index contributed by atoms with van der Waals surface area (Å²) in [5, 5.41) is 0.320. The van der Waals surface area contributed by atoms with Crippen LogP contribution in [0.4, 0.5) is 4.39 Å². The van der Waals surface area contributed by atoms with Gasteiger partial charge in [-0.2, -0.15) is 0 Å². The van der Waals surface area contributed by atoms with E-state index in [1.54, 1.807) is 24.5 Å². The van der Waals surface area contributed by atoms with Crippen LogP contribution in [0.3, 0.4) is 0 Å². The van der Waals surface area contributed by atoms with Crippen molar-refractivity contribution in [2.75, 3.05) is 0 Å². The number of rotatable bonds is 2. The van der Waals surface area contributed by atoms with Crippen molar-refractivity contribution in [1.82, 2.24) is 9.97 Å². The van der Waals surface area contributed by atoms with Crippen molar-refractivity contribution in [3.63, 3.8) is 0 Å². The van der Waals surface area contributed by atoms with Gasteiger partial charge in [-0.3, -0.25) is 9.97 Å². The molecular formula is C12H8ClFN2. The Morgan fingerprint density at radius 2 is 2.06 bits per heavy atom. The zero-order valence-corrected chi connectivity index (χ0v) is 9.08. The molecule has 0 aliphatic rings. The van der Waals surface area contributed by atoms with E-state index in [9.17, 15) is 4.39 Å². The first-order valence-corrected chi connectivity index (χ1v) is 4.98. The lowest BCUT2D eigenvalue weighted by atomic mass is 10.1. The van der Waals surface area contributed by atoms with Gasteiger partial charge in [-0.05, 0) is 24.3 Å². The van der Waals surface area contributed by atoms with Crippen LogP contribution in [0.5, 0.6) is 0 Å². The highest BCUT2D eigenvalue weighted by molar-refractivity contribution is 6.33. The number of aromatic nitrogens is 2. The highest BCUT2D eigenvalue weighted by Gasteiger charge is 2.06. The van der Waals surface area contributed by atoms with Crippen LogP contribution >= 0.6 is 11.6 Å². The number of hydrogen-bond donors (Lipinski definition) is 0. The van der Waals surface area contributed by atoms with E-state index in [4.69, 9.17) is 11.6 Å². The van der Waals surface area contributed by atoms with Crippen LogP contribution in [0.15, 0.2) is 37.2 Å². The average molecular weight is 235 g/mol. The van der Waals surface area contributed by atoms with E-state index >= 15 is 0 Å². The molecule has 0 amide bonds. The normalized spacial score (nSPS) is 10.1. The molecule has 16 heavy (non-hydrogen) atoms. The Balaban J connectivity index is 2.46. The van der Waals surface area contributed by atoms with Crippen molar-refractivity contribution < 1.29 is 4.39 Å². The summed E-state index contributed by atoms with van der Waals surface area (Å²) in [6, 6.07) is 4.17. The van der Waals surface area contributed by atoms with Crippen LogP contribution < -0.4 is 0 Å². The van der Waals surface area contributed by atoms with Gasteiger partial charge >= 0.3 is 0 Å². The molecule has 1 aromatic carbocycles. The van der Waals surface area contributed by atoms with Crippen molar-refractivity contribution in [3.05, 3.63) is 53.7 Å². The van der Waals surface area contributed by atoms with Gasteiger partial charge in [0.15, 0.2) is 0 Å². The molecule has 0 fully saturated rings. The van der Waals surface area contributed by atoms with Crippen molar-refractivity contribution in [1.29, 1.82) is 0 Å². The summed E-state index contributed by atoms with van der Waals surface area (Å²) in [6.45, 7) is 3.58. The molecule has 0 N–H and O–H groups in total. The first kappa shape index (κ1) is 10.8. The van der Waals surface area contributed by atoms with Gasteiger partial charge in [-0.1, -0.05) is 18.2 Å². The first-order chi connectivity index (χ1) is 7.70. The molecule has 0 aliphatic carbocycles. The summed E-state index contributed by atoms with van der Waals surface area (Å²) in [4.78, 5) is 8.27. The Bertz CT molecular complexity index is 523. The molecule has 0 bridgehead atoms. The third-order valence-corrected chi connectivity index (χ3v) is 2.40. The molecular weight excluding hydrogens is 227 g/mol. The second-order valence-corrected chi connectivity index (χ2v) is 3.56. The summed E-state index contributed by atoms with van der Waals surface area (Å²) < 4.78 is 12.8. The van der Waals surface area contributed by atoms with Gasteiger partial charge in [0.1, 0.15) is 5.82 Å². The van der Waals surface area contributed by atoms with Crippen LogP contribution in [0.25, 0.3) is 17.3 Å². The van der Waals surface area contributed by atoms with E-state index in [0.717, 1.165) is 0 Å². The molecule has 0 radical (unpaired) electrons. The molecule has 80 valence electrons. The second kappa shape index (κ2) is 4.41. The SMILES string of the molecule is C=Cc1cnc(-c2ccc(F)cc2Cl)cn1. The summed E-state index contributed by atoms with van der Waals surface area (Å²) in [7, 11) is 0. The monoisotopic (exact) mass is 234 g/mol. The van der Waals surface area contributed by atoms with Crippen LogP contribution in [0.1, 0.15) is 5.69 Å². The highest BCUT2D eigenvalue weighted by atomic mass is 35.5. The predicted molar refractivity (Wildman–Crippen MR) is 62.5 cm³/mol. The van der Waals surface area contributed by atoms with E-state index in [0.29, 0.717) is 22.0 Å². The van der Waals surface area contributed by atoms with Gasteiger partial charge in [0.25, 0.3) is 0 Å². The first-order valence-electron chi connectivity index (χ1n) is 4.60. The molecule has 0 saturated heterocycles. The molecule has 0 atom stereocenters. The lowest BCUT2D eigenvalue weighted by molar-refractivity contribution is 0.628. The lowest BCUT2D eigenvalue weighted by Gasteiger charge is -2.03. The van der Waals surface area contributed by atoms with Gasteiger partial charge in [0.05, 0.1) is 28.8 Å². The quantitative estimate of drug-likeness (QED) is 0.794. The topological polar surface area (TPSA) is 25.8 Å². The van der Waals surface area contributed by atoms with Crippen molar-refractivity contribution >= 4 is 17.7 Å². The fourth-order valence-corrected chi connectivity index (χ4v) is 1.54. The molecule has 1 heterocycles. The van der Waals surface area contributed by atoms with Crippen LogP contribution in [0, 0.1) is 5.82 Å². The standard InChI is InChI=1S/C12H8ClFN2/c1-2-9-6-16-12(7-15-9)10-4-3-8(14)5-11(10)13/h2-7H,1H2. The molecule has 2 rings (SSSR count). The van der Waals surface area contributed by atoms with Gasteiger partial charge in [-0.25, -0.2) is 4.39 Å². The molecule has 1 aromatic heterocycles. The van der Waals surface area contributed by atoms with Crippen molar-refractivity contribution in [2.24, 2.45) is 0 Å². The molecule has 2 aromatic rings. The van der Waals surface area contributed by atoms with Crippen molar-refractivity contribution in [2.45, 2.75) is 0 Å². The van der Waals surface area contributed by atoms with Gasteiger partial charge in [-0.15, -0.1) is 0 Å². The van der Waals surface area contributed by atoms with Gasteiger partial charge < -0.3 is 0 Å². The minimum atomic E-state index is -0.371. The number of benzene rings is 1. The minimum Gasteiger partial charge on any atom is -0.253 e. The summed E-state index contributed by atoms with van der Waals surface area (Å²) >= 11 is 5.91. The highest BCUT2D eigenvalue weighted by Crippen LogP contribution is 2.26. The second-order valence-electron chi connectivity index (χ2n) is 3.15. The molecule has 2 nitrogen and oxygen atoms in total. The average Bonchev–Trinajstić information content (AvgIpc) is 2.29. The van der Waals surface area contributed by atoms with Gasteiger partial charge in [0.2, 0.25) is 0 Å². The maximum absolute atomic E-state index is 12.8. The molecule has 0 unspecified atom stereocenters. The largest absolute Gasteiger partial charge is 0.253 e. The van der Waals surface area contributed by atoms with E-state index in [1.165, 1.54) is 12.1 Å². The maximum atomic E-state index is 12.8. The maximum Gasteiger partial charge on any atom is 0.124 e. The fraction of sp³-hybridized carbons (Fsp3) is 0. The van der Waals surface area contributed by atoms with Crippen LogP contribution in [-0.4, -0.2) is 9.97 Å². The summed E-state index contributed by atoms with van der Waals surface area (Å²) in [6.07, 6.45) is 4.77. The lowest BCUT2D eigenvalue weighted by Crippen LogP contribution is -1.89. The van der Waals surface area contributed by atoms with E-state index in [1.807, 2.05) is 0 Å². The minimum absolute atomic E-state index is 0.320. The Hall–Kier alpha value is -1.74. The Morgan fingerprint density at radius 1 is 1.25 bits per heavy atom. The fourth-order valence-electron chi connectivity index (χ4n) is 1.28. The molecule has 0 spiro atoms. The third-order valence-electron chi connectivity index (χ3n) is 2.09. The number of halogens is 2. The zero-order chi connectivity index (χ0) is 11.5. The van der Waals surface area contributed by atoms with Crippen LogP contribution in [-0.2, 0) is 0 Å². The Morgan fingerprint density at radius 3 is 2.62 bits per heavy atom.